The molecule has 0 unspecified atom stereocenters. The van der Waals surface area contributed by atoms with Crippen LogP contribution >= 0.6 is 11.6 Å². The van der Waals surface area contributed by atoms with Crippen molar-refractivity contribution in [1.29, 1.82) is 0 Å². The van der Waals surface area contributed by atoms with Crippen LogP contribution in [0.4, 0.5) is 5.69 Å². The van der Waals surface area contributed by atoms with E-state index in [-0.39, 0.29) is 11.8 Å². The molecule has 0 aromatic carbocycles. The minimum Gasteiger partial charge on any atom is -0.310 e. The van der Waals surface area contributed by atoms with Gasteiger partial charge in [0.1, 0.15) is 5.88 Å². The number of aryl methyl sites for hydroxylation is 1. The Balaban J connectivity index is 2.35. The number of amides is 1. The Morgan fingerprint density at radius 2 is 2.50 bits per heavy atom. The van der Waals surface area contributed by atoms with Crippen LogP contribution in [-0.4, -0.2) is 23.3 Å². The van der Waals surface area contributed by atoms with Gasteiger partial charge in [-0.1, -0.05) is 0 Å². The third-order valence-corrected chi connectivity index (χ3v) is 2.60. The molecule has 2 rings (SSSR count). The molecule has 0 radical (unpaired) electrons. The van der Waals surface area contributed by atoms with E-state index >= 15 is 0 Å². The summed E-state index contributed by atoms with van der Waals surface area (Å²) in [5.41, 5.74) is 1.92. The second kappa shape index (κ2) is 3.96. The molecule has 0 atom stereocenters. The smallest absolute Gasteiger partial charge is 0.241 e. The monoisotopic (exact) mass is 210 g/mol. The number of alkyl halides is 1. The van der Waals surface area contributed by atoms with Gasteiger partial charge in [-0.15, -0.1) is 11.6 Å². The van der Waals surface area contributed by atoms with Gasteiger partial charge in [0.2, 0.25) is 5.91 Å². The van der Waals surface area contributed by atoms with Gasteiger partial charge in [0.05, 0.1) is 11.4 Å². The highest BCUT2D eigenvalue weighted by Gasteiger charge is 2.21. The highest BCUT2D eigenvalue weighted by atomic mass is 35.5. The lowest BCUT2D eigenvalue weighted by molar-refractivity contribution is -0.116. The summed E-state index contributed by atoms with van der Waals surface area (Å²) in [5.74, 6) is -0.00505. The van der Waals surface area contributed by atoms with Crippen molar-refractivity contribution < 1.29 is 4.79 Å². The molecule has 0 spiro atoms. The van der Waals surface area contributed by atoms with Gasteiger partial charge in [-0.05, 0) is 25.0 Å². The number of nitrogens with zero attached hydrogens (tertiary/aromatic N) is 2. The fourth-order valence-corrected chi connectivity index (χ4v) is 1.87. The lowest BCUT2D eigenvalue weighted by Crippen LogP contribution is -2.36. The number of hydrogen-bond acceptors (Lipinski definition) is 2. The number of anilines is 1. The van der Waals surface area contributed by atoms with E-state index in [1.807, 2.05) is 12.1 Å². The standard InChI is InChI=1S/C10H11ClN2O/c11-7-10(14)13-6-2-3-8-9(13)4-1-5-12-8/h1,4-5H,2-3,6-7H2. The van der Waals surface area contributed by atoms with Crippen LogP contribution in [0.2, 0.25) is 0 Å². The first-order chi connectivity index (χ1) is 6.83. The van der Waals surface area contributed by atoms with Crippen LogP contribution in [0.1, 0.15) is 12.1 Å². The van der Waals surface area contributed by atoms with Crippen LogP contribution in [0.15, 0.2) is 18.3 Å². The molecule has 14 heavy (non-hydrogen) atoms. The Morgan fingerprint density at radius 3 is 3.29 bits per heavy atom. The molecule has 0 N–H and O–H groups in total. The zero-order valence-electron chi connectivity index (χ0n) is 7.74. The summed E-state index contributed by atoms with van der Waals surface area (Å²) in [5, 5.41) is 0. The van der Waals surface area contributed by atoms with Crippen molar-refractivity contribution in [3.63, 3.8) is 0 Å². The van der Waals surface area contributed by atoms with Crippen molar-refractivity contribution in [2.45, 2.75) is 12.8 Å². The average molecular weight is 211 g/mol. The Morgan fingerprint density at radius 1 is 1.64 bits per heavy atom. The summed E-state index contributed by atoms with van der Waals surface area (Å²) in [6.07, 6.45) is 3.67. The number of aromatic nitrogens is 1. The number of hydrogen-bond donors (Lipinski definition) is 0. The quantitative estimate of drug-likeness (QED) is 0.660. The first-order valence-electron chi connectivity index (χ1n) is 4.63. The lowest BCUT2D eigenvalue weighted by Gasteiger charge is -2.27. The van der Waals surface area contributed by atoms with Crippen molar-refractivity contribution in [2.75, 3.05) is 17.3 Å². The number of fused-ring (bicyclic) bond motifs is 1. The van der Waals surface area contributed by atoms with Crippen molar-refractivity contribution in [1.82, 2.24) is 4.98 Å². The minimum absolute atomic E-state index is 0.0360. The van der Waals surface area contributed by atoms with E-state index in [0.717, 1.165) is 30.8 Å². The first-order valence-corrected chi connectivity index (χ1v) is 5.16. The van der Waals surface area contributed by atoms with Crippen LogP contribution in [0.25, 0.3) is 0 Å². The third-order valence-electron chi connectivity index (χ3n) is 2.37. The maximum absolute atomic E-state index is 11.5. The summed E-state index contributed by atoms with van der Waals surface area (Å²) in [6.45, 7) is 0.754. The van der Waals surface area contributed by atoms with Gasteiger partial charge in [0.15, 0.2) is 0 Å². The maximum atomic E-state index is 11.5. The van der Waals surface area contributed by atoms with Gasteiger partial charge >= 0.3 is 0 Å². The summed E-state index contributed by atoms with van der Waals surface area (Å²) in [7, 11) is 0. The molecule has 0 aliphatic carbocycles. The second-order valence-corrected chi connectivity index (χ2v) is 3.52. The highest BCUT2D eigenvalue weighted by Crippen LogP contribution is 2.24. The molecule has 0 bridgehead atoms. The maximum Gasteiger partial charge on any atom is 0.241 e. The zero-order valence-corrected chi connectivity index (χ0v) is 8.50. The van der Waals surface area contributed by atoms with Crippen molar-refractivity contribution >= 4 is 23.2 Å². The van der Waals surface area contributed by atoms with Crippen molar-refractivity contribution in [2.24, 2.45) is 0 Å². The number of pyridine rings is 1. The largest absolute Gasteiger partial charge is 0.310 e. The Bertz CT molecular complexity index is 354. The molecule has 0 fully saturated rings. The van der Waals surface area contributed by atoms with Gasteiger partial charge in [0.25, 0.3) is 0 Å². The molecular formula is C10H11ClN2O. The van der Waals surface area contributed by atoms with Gasteiger partial charge < -0.3 is 4.90 Å². The lowest BCUT2D eigenvalue weighted by atomic mass is 10.1. The van der Waals surface area contributed by atoms with Gasteiger partial charge in [-0.2, -0.15) is 0 Å². The van der Waals surface area contributed by atoms with E-state index in [9.17, 15) is 4.79 Å². The Labute approximate surface area is 87.7 Å². The summed E-state index contributed by atoms with van der Waals surface area (Å²) < 4.78 is 0. The fraction of sp³-hybridized carbons (Fsp3) is 0.400. The first kappa shape index (κ1) is 9.46. The van der Waals surface area contributed by atoms with E-state index in [4.69, 9.17) is 11.6 Å². The van der Waals surface area contributed by atoms with E-state index < -0.39 is 0 Å². The molecule has 74 valence electrons. The third kappa shape index (κ3) is 1.60. The number of halogens is 1. The SMILES string of the molecule is O=C(CCl)N1CCCc2ncccc21. The highest BCUT2D eigenvalue weighted by molar-refractivity contribution is 6.29. The van der Waals surface area contributed by atoms with E-state index in [0.29, 0.717) is 0 Å². The van der Waals surface area contributed by atoms with Crippen LogP contribution in [0.3, 0.4) is 0 Å². The van der Waals surface area contributed by atoms with Crippen molar-refractivity contribution in [3.05, 3.63) is 24.0 Å². The molecule has 3 nitrogen and oxygen atoms in total. The van der Waals surface area contributed by atoms with E-state index in [2.05, 4.69) is 4.98 Å². The number of carbonyl (C=O) groups excluding carboxylic acids is 1. The van der Waals surface area contributed by atoms with Gasteiger partial charge in [0, 0.05) is 12.7 Å². The number of carbonyl (C=O) groups is 1. The predicted octanol–water partition coefficient (Wildman–Crippen LogP) is 1.60. The van der Waals surface area contributed by atoms with Gasteiger partial charge in [-0.3, -0.25) is 9.78 Å². The molecule has 1 aromatic rings. The molecule has 0 saturated heterocycles. The molecule has 0 saturated carbocycles. The van der Waals surface area contributed by atoms with E-state index in [1.165, 1.54) is 0 Å². The number of rotatable bonds is 1. The molecule has 1 aromatic heterocycles. The van der Waals surface area contributed by atoms with Gasteiger partial charge in [-0.25, -0.2) is 0 Å². The summed E-state index contributed by atoms with van der Waals surface area (Å²) in [6, 6.07) is 3.77. The predicted molar refractivity (Wildman–Crippen MR) is 55.6 cm³/mol. The topological polar surface area (TPSA) is 33.2 Å². The minimum atomic E-state index is -0.0411. The molecule has 2 heterocycles. The molecular weight excluding hydrogens is 200 g/mol. The molecule has 1 amide bonds. The normalized spacial score (nSPS) is 15.1. The van der Waals surface area contributed by atoms with Crippen LogP contribution in [0, 0.1) is 0 Å². The fourth-order valence-electron chi connectivity index (χ4n) is 1.72. The zero-order chi connectivity index (χ0) is 9.97. The Hall–Kier alpha value is -1.09. The molecule has 1 aliphatic rings. The van der Waals surface area contributed by atoms with Crippen LogP contribution in [-0.2, 0) is 11.2 Å². The van der Waals surface area contributed by atoms with Crippen molar-refractivity contribution in [3.8, 4) is 0 Å². The van der Waals surface area contributed by atoms with Crippen LogP contribution in [0.5, 0.6) is 0 Å². The van der Waals surface area contributed by atoms with E-state index in [1.54, 1.807) is 11.1 Å². The average Bonchev–Trinajstić information content (AvgIpc) is 2.27. The molecule has 4 heteroatoms. The second-order valence-electron chi connectivity index (χ2n) is 3.25. The van der Waals surface area contributed by atoms with Crippen LogP contribution < -0.4 is 4.90 Å². The summed E-state index contributed by atoms with van der Waals surface area (Å²) in [4.78, 5) is 17.5. The molecule has 1 aliphatic heterocycles. The Kier molecular flexibility index (Phi) is 2.68. The summed E-state index contributed by atoms with van der Waals surface area (Å²) >= 11 is 5.54.